The number of benzene rings is 3. The summed E-state index contributed by atoms with van der Waals surface area (Å²) in [6.07, 6.45) is 0. The van der Waals surface area contributed by atoms with E-state index in [9.17, 15) is 0 Å². The number of azo groups is 1. The predicted molar refractivity (Wildman–Crippen MR) is 112 cm³/mol. The quantitative estimate of drug-likeness (QED) is 0.350. The van der Waals surface area contributed by atoms with Crippen LogP contribution >= 0.6 is 0 Å². The summed E-state index contributed by atoms with van der Waals surface area (Å²) in [6, 6.07) is 17.9. The minimum absolute atomic E-state index is 0.361. The van der Waals surface area contributed by atoms with Crippen molar-refractivity contribution in [2.75, 3.05) is 11.9 Å². The molecule has 0 aliphatic rings. The largest absolute Gasteiger partial charge is 0.486 e. The van der Waals surface area contributed by atoms with E-state index in [1.54, 1.807) is 24.3 Å². The first-order chi connectivity index (χ1) is 14.1. The zero-order valence-corrected chi connectivity index (χ0v) is 16.1. The van der Waals surface area contributed by atoms with Gasteiger partial charge < -0.3 is 10.1 Å². The van der Waals surface area contributed by atoms with E-state index >= 15 is 0 Å². The molecule has 8 nitrogen and oxygen atoms in total. The minimum atomic E-state index is 0.361. The molecule has 0 saturated heterocycles. The average molecular weight is 385 g/mol. The maximum atomic E-state index is 9.10. The molecule has 0 unspecified atom stereocenters. The summed E-state index contributed by atoms with van der Waals surface area (Å²) >= 11 is 0. The van der Waals surface area contributed by atoms with Crippen molar-refractivity contribution in [3.8, 4) is 5.75 Å². The monoisotopic (exact) mass is 385 g/mol. The highest BCUT2D eigenvalue weighted by atomic mass is 16.5. The van der Waals surface area contributed by atoms with Crippen molar-refractivity contribution in [1.29, 1.82) is 10.8 Å². The Morgan fingerprint density at radius 2 is 1.55 bits per heavy atom. The van der Waals surface area contributed by atoms with Crippen molar-refractivity contribution < 1.29 is 4.74 Å². The van der Waals surface area contributed by atoms with Gasteiger partial charge >= 0.3 is 11.4 Å². The van der Waals surface area contributed by atoms with E-state index in [0.29, 0.717) is 35.1 Å². The molecule has 0 aromatic heterocycles. The molecule has 3 rings (SSSR count). The Morgan fingerprint density at radius 1 is 0.897 bits per heavy atom. The highest BCUT2D eigenvalue weighted by Gasteiger charge is 2.18. The van der Waals surface area contributed by atoms with Crippen molar-refractivity contribution in [3.63, 3.8) is 0 Å². The van der Waals surface area contributed by atoms with Gasteiger partial charge in [0.1, 0.15) is 0 Å². The molecule has 3 aromatic carbocycles. The predicted octanol–water partition coefficient (Wildman–Crippen LogP) is 7.52. The first-order valence-corrected chi connectivity index (χ1v) is 8.99. The summed E-state index contributed by atoms with van der Waals surface area (Å²) in [5, 5.41) is 29.6. The SMILES string of the molecule is CCOc1cc(N=Nc2ccc(Nc3ccc([N+]#N)cc3)cc2)c(C)cc1[N+]#N. The second-order valence-electron chi connectivity index (χ2n) is 6.16. The van der Waals surface area contributed by atoms with E-state index in [1.807, 2.05) is 50.2 Å². The second-order valence-corrected chi connectivity index (χ2v) is 6.16. The summed E-state index contributed by atoms with van der Waals surface area (Å²) in [5.41, 5.74) is 4.77. The summed E-state index contributed by atoms with van der Waals surface area (Å²) in [6.45, 7) is 4.17. The summed E-state index contributed by atoms with van der Waals surface area (Å²) in [5.74, 6) is 0.453. The Bertz CT molecular complexity index is 1110. The van der Waals surface area contributed by atoms with Crippen LogP contribution in [0.3, 0.4) is 0 Å². The van der Waals surface area contributed by atoms with Gasteiger partial charge in [-0.05, 0) is 55.8 Å². The van der Waals surface area contributed by atoms with Crippen LogP contribution < -0.4 is 10.1 Å². The van der Waals surface area contributed by atoms with Crippen molar-refractivity contribution in [2.45, 2.75) is 13.8 Å². The average Bonchev–Trinajstić information content (AvgIpc) is 2.75. The number of hydrogen-bond donors (Lipinski definition) is 1. The minimum Gasteiger partial charge on any atom is -0.486 e. The Balaban J connectivity index is 1.74. The molecule has 0 bridgehead atoms. The fourth-order valence-corrected chi connectivity index (χ4v) is 2.62. The highest BCUT2D eigenvalue weighted by Crippen LogP contribution is 2.35. The summed E-state index contributed by atoms with van der Waals surface area (Å²) < 4.78 is 5.48. The third-order valence-electron chi connectivity index (χ3n) is 4.10. The van der Waals surface area contributed by atoms with Crippen LogP contribution in [0.25, 0.3) is 9.95 Å². The topological polar surface area (TPSA) is 102 Å². The van der Waals surface area contributed by atoms with E-state index < -0.39 is 0 Å². The van der Waals surface area contributed by atoms with Crippen molar-refractivity contribution in [2.24, 2.45) is 10.2 Å². The smallest absolute Gasteiger partial charge is 0.426 e. The molecular formula is C21H19N7O+2. The van der Waals surface area contributed by atoms with E-state index in [1.165, 1.54) is 0 Å². The van der Waals surface area contributed by atoms with Crippen LogP contribution in [0.5, 0.6) is 5.75 Å². The molecule has 0 radical (unpaired) electrons. The molecule has 0 amide bonds. The van der Waals surface area contributed by atoms with Crippen LogP contribution in [0.15, 0.2) is 70.9 Å². The standard InChI is InChI=1S/C21H19N7O/c1-3-29-21-13-19(14(2)12-20(21)26-23)28-27-18-10-6-16(7-11-18)24-15-4-8-17(25-22)9-5-15/h4-13,24H,3H2,1-2H3/q+2. The zero-order chi connectivity index (χ0) is 20.6. The molecule has 0 fully saturated rings. The van der Waals surface area contributed by atoms with Gasteiger partial charge in [-0.2, -0.15) is 10.2 Å². The first-order valence-electron chi connectivity index (χ1n) is 8.99. The van der Waals surface area contributed by atoms with Crippen LogP contribution in [0, 0.1) is 17.7 Å². The van der Waals surface area contributed by atoms with E-state index in [0.717, 1.165) is 16.9 Å². The number of rotatable bonds is 6. The molecule has 0 heterocycles. The van der Waals surface area contributed by atoms with Gasteiger partial charge in [-0.25, -0.2) is 0 Å². The molecule has 0 aliphatic heterocycles. The van der Waals surface area contributed by atoms with Gasteiger partial charge in [-0.1, -0.05) is 0 Å². The van der Waals surface area contributed by atoms with E-state index in [-0.39, 0.29) is 0 Å². The fourth-order valence-electron chi connectivity index (χ4n) is 2.62. The Labute approximate surface area is 168 Å². The lowest BCUT2D eigenvalue weighted by Crippen LogP contribution is -1.91. The first kappa shape index (κ1) is 19.5. The summed E-state index contributed by atoms with van der Waals surface area (Å²) in [4.78, 5) is 6.37. The van der Waals surface area contributed by atoms with Crippen molar-refractivity contribution >= 4 is 34.1 Å². The Morgan fingerprint density at radius 3 is 2.14 bits per heavy atom. The van der Waals surface area contributed by atoms with Gasteiger partial charge in [0, 0.05) is 35.6 Å². The maximum Gasteiger partial charge on any atom is 0.426 e. The van der Waals surface area contributed by atoms with Crippen LogP contribution in [-0.4, -0.2) is 6.61 Å². The number of nitrogens with zero attached hydrogens (tertiary/aromatic N) is 6. The lowest BCUT2D eigenvalue weighted by atomic mass is 10.1. The third kappa shape index (κ3) is 4.90. The van der Waals surface area contributed by atoms with Gasteiger partial charge in [0.25, 0.3) is 0 Å². The van der Waals surface area contributed by atoms with Gasteiger partial charge in [-0.15, -0.1) is 0 Å². The van der Waals surface area contributed by atoms with Crippen LogP contribution in [0.1, 0.15) is 12.5 Å². The molecule has 142 valence electrons. The molecular weight excluding hydrogens is 366 g/mol. The van der Waals surface area contributed by atoms with Crippen molar-refractivity contribution in [3.05, 3.63) is 76.2 Å². The third-order valence-corrected chi connectivity index (χ3v) is 4.10. The number of ether oxygens (including phenoxy) is 1. The Hall–Kier alpha value is -4.30. The molecule has 29 heavy (non-hydrogen) atoms. The number of diazo groups is 2. The Kier molecular flexibility index (Phi) is 6.08. The van der Waals surface area contributed by atoms with Gasteiger partial charge in [0.05, 0.1) is 18.0 Å². The van der Waals surface area contributed by atoms with Crippen LogP contribution in [0.2, 0.25) is 0 Å². The maximum absolute atomic E-state index is 9.10. The molecule has 8 heteroatoms. The fraction of sp³-hybridized carbons (Fsp3) is 0.143. The van der Waals surface area contributed by atoms with E-state index in [2.05, 4.69) is 25.5 Å². The number of aryl methyl sites for hydroxylation is 1. The number of hydrogen-bond acceptors (Lipinski definition) is 6. The molecule has 0 atom stereocenters. The van der Waals surface area contributed by atoms with Crippen molar-refractivity contribution in [1.82, 2.24) is 0 Å². The molecule has 0 aliphatic carbocycles. The normalized spacial score (nSPS) is 10.3. The molecule has 3 aromatic rings. The lowest BCUT2D eigenvalue weighted by molar-refractivity contribution is 0.342. The van der Waals surface area contributed by atoms with Gasteiger partial charge in [0.2, 0.25) is 16.5 Å². The summed E-state index contributed by atoms with van der Waals surface area (Å²) in [7, 11) is 0. The second kappa shape index (κ2) is 9.07. The van der Waals surface area contributed by atoms with E-state index in [4.69, 9.17) is 15.5 Å². The zero-order valence-electron chi connectivity index (χ0n) is 16.1. The number of anilines is 2. The van der Waals surface area contributed by atoms with Crippen LogP contribution in [0.4, 0.5) is 34.1 Å². The number of nitrogens with one attached hydrogen (secondary N) is 1. The molecule has 0 spiro atoms. The highest BCUT2D eigenvalue weighted by molar-refractivity contribution is 5.66. The molecule has 0 saturated carbocycles. The van der Waals surface area contributed by atoms with Crippen LogP contribution in [-0.2, 0) is 0 Å². The van der Waals surface area contributed by atoms with Gasteiger partial charge in [-0.3, -0.25) is 0 Å². The molecule has 1 N–H and O–H groups in total. The van der Waals surface area contributed by atoms with Gasteiger partial charge in [0.15, 0.2) is 9.95 Å². The lowest BCUT2D eigenvalue weighted by Gasteiger charge is -2.05.